The molecule has 30 heavy (non-hydrogen) atoms. The number of ether oxygens (including phenoxy) is 1. The number of rotatable bonds is 7. The van der Waals surface area contributed by atoms with Crippen LogP contribution in [0, 0.1) is 13.8 Å². The molecule has 1 aromatic heterocycles. The van der Waals surface area contributed by atoms with Crippen LogP contribution in [0.5, 0.6) is 5.75 Å². The molecule has 0 bridgehead atoms. The van der Waals surface area contributed by atoms with Crippen LogP contribution in [0.2, 0.25) is 0 Å². The third-order valence-electron chi connectivity index (χ3n) is 5.08. The minimum Gasteiger partial charge on any atom is -0.486 e. The van der Waals surface area contributed by atoms with Gasteiger partial charge in [-0.2, -0.15) is 0 Å². The zero-order chi connectivity index (χ0) is 21.5. The predicted octanol–water partition coefficient (Wildman–Crippen LogP) is 3.70. The monoisotopic (exact) mass is 430 g/mol. The Labute approximate surface area is 181 Å². The van der Waals surface area contributed by atoms with E-state index in [1.807, 2.05) is 32.9 Å². The molecule has 1 aromatic carbocycles. The summed E-state index contributed by atoms with van der Waals surface area (Å²) in [5, 5.41) is 11.3. The Bertz CT molecular complexity index is 863. The fourth-order valence-corrected chi connectivity index (χ4v) is 4.43. The second-order valence-electron chi connectivity index (χ2n) is 7.71. The Kier molecular flexibility index (Phi) is 7.68. The number of benzene rings is 1. The number of urea groups is 1. The van der Waals surface area contributed by atoms with Gasteiger partial charge in [-0.05, 0) is 56.9 Å². The van der Waals surface area contributed by atoms with E-state index in [0.29, 0.717) is 18.8 Å². The lowest BCUT2D eigenvalue weighted by Crippen LogP contribution is -2.55. The van der Waals surface area contributed by atoms with Gasteiger partial charge in [-0.1, -0.05) is 18.9 Å². The first kappa shape index (κ1) is 22.1. The average Bonchev–Trinajstić information content (AvgIpc) is 3.17. The number of carbonyl (C=O) groups excluding carboxylic acids is 2. The molecule has 0 saturated heterocycles. The first-order valence-electron chi connectivity index (χ1n) is 10.5. The minimum atomic E-state index is -0.210. The first-order valence-corrected chi connectivity index (χ1v) is 11.3. The fraction of sp³-hybridized carbons (Fsp3) is 0.500. The summed E-state index contributed by atoms with van der Waals surface area (Å²) in [5.41, 5.74) is 2.68. The molecule has 0 radical (unpaired) electrons. The first-order chi connectivity index (χ1) is 14.4. The van der Waals surface area contributed by atoms with Crippen molar-refractivity contribution in [2.45, 2.75) is 65.1 Å². The molecular formula is C22H30N4O3S. The minimum absolute atomic E-state index is 0.0692. The maximum atomic E-state index is 12.7. The molecule has 1 heterocycles. The number of nitrogens with one attached hydrogen (secondary N) is 3. The van der Waals surface area contributed by atoms with Crippen molar-refractivity contribution < 1.29 is 14.3 Å². The number of carbonyl (C=O) groups is 2. The van der Waals surface area contributed by atoms with Gasteiger partial charge in [-0.25, -0.2) is 9.78 Å². The van der Waals surface area contributed by atoms with Crippen LogP contribution in [0.25, 0.3) is 0 Å². The molecule has 0 spiro atoms. The second kappa shape index (κ2) is 10.4. The number of hydrogen-bond acceptors (Lipinski definition) is 5. The lowest BCUT2D eigenvalue weighted by molar-refractivity contribution is 0.0911. The smallest absolute Gasteiger partial charge is 0.315 e. The van der Waals surface area contributed by atoms with E-state index < -0.39 is 0 Å². The maximum Gasteiger partial charge on any atom is 0.315 e. The topological polar surface area (TPSA) is 92.4 Å². The molecule has 0 aliphatic heterocycles. The van der Waals surface area contributed by atoms with Gasteiger partial charge >= 0.3 is 6.03 Å². The SMILES string of the molecule is CCNC(=O)NC1CCCCC1NC(=O)c1csc(COc2cc(C)cc(C)c2)n1. The molecule has 8 heteroatoms. The van der Waals surface area contributed by atoms with Gasteiger partial charge in [0.15, 0.2) is 0 Å². The maximum absolute atomic E-state index is 12.7. The molecule has 1 saturated carbocycles. The molecule has 2 aromatic rings. The fourth-order valence-electron chi connectivity index (χ4n) is 3.74. The Hall–Kier alpha value is -2.61. The van der Waals surface area contributed by atoms with Crippen LogP contribution in [0.15, 0.2) is 23.6 Å². The van der Waals surface area contributed by atoms with Crippen LogP contribution < -0.4 is 20.7 Å². The number of thiazole rings is 1. The summed E-state index contributed by atoms with van der Waals surface area (Å²) in [4.78, 5) is 29.0. The van der Waals surface area contributed by atoms with Crippen molar-refractivity contribution in [1.29, 1.82) is 0 Å². The molecule has 3 rings (SSSR count). The molecule has 3 N–H and O–H groups in total. The van der Waals surface area contributed by atoms with Crippen LogP contribution in [-0.2, 0) is 6.61 Å². The van der Waals surface area contributed by atoms with Crippen LogP contribution in [0.1, 0.15) is 59.2 Å². The van der Waals surface area contributed by atoms with Gasteiger partial charge in [0.05, 0.1) is 6.04 Å². The van der Waals surface area contributed by atoms with Crippen LogP contribution in [-0.4, -0.2) is 35.6 Å². The highest BCUT2D eigenvalue weighted by Crippen LogP contribution is 2.21. The Morgan fingerprint density at radius 1 is 1.10 bits per heavy atom. The molecule has 3 amide bonds. The summed E-state index contributed by atoms with van der Waals surface area (Å²) in [6, 6.07) is 5.71. The van der Waals surface area contributed by atoms with E-state index in [4.69, 9.17) is 4.74 Å². The van der Waals surface area contributed by atoms with Crippen molar-refractivity contribution in [3.63, 3.8) is 0 Å². The summed E-state index contributed by atoms with van der Waals surface area (Å²) in [6.07, 6.45) is 3.77. The summed E-state index contributed by atoms with van der Waals surface area (Å²) in [7, 11) is 0. The summed E-state index contributed by atoms with van der Waals surface area (Å²) in [5.74, 6) is 0.591. The third kappa shape index (κ3) is 6.19. The van der Waals surface area contributed by atoms with E-state index >= 15 is 0 Å². The van der Waals surface area contributed by atoms with Crippen LogP contribution in [0.3, 0.4) is 0 Å². The summed E-state index contributed by atoms with van der Waals surface area (Å²) >= 11 is 1.41. The number of hydrogen-bond donors (Lipinski definition) is 3. The van der Waals surface area contributed by atoms with Gasteiger partial charge in [-0.3, -0.25) is 4.79 Å². The lowest BCUT2D eigenvalue weighted by atomic mass is 9.90. The van der Waals surface area contributed by atoms with Crippen molar-refractivity contribution in [2.24, 2.45) is 0 Å². The van der Waals surface area contributed by atoms with Gasteiger partial charge in [0.1, 0.15) is 23.1 Å². The van der Waals surface area contributed by atoms with Crippen molar-refractivity contribution in [2.75, 3.05) is 6.54 Å². The van der Waals surface area contributed by atoms with Gasteiger partial charge in [0.25, 0.3) is 5.91 Å². The number of nitrogens with zero attached hydrogens (tertiary/aromatic N) is 1. The lowest BCUT2D eigenvalue weighted by Gasteiger charge is -2.32. The summed E-state index contributed by atoms with van der Waals surface area (Å²) in [6.45, 7) is 6.84. The van der Waals surface area contributed by atoms with E-state index in [1.54, 1.807) is 5.38 Å². The zero-order valence-electron chi connectivity index (χ0n) is 17.8. The predicted molar refractivity (Wildman–Crippen MR) is 118 cm³/mol. The Morgan fingerprint density at radius 2 is 1.77 bits per heavy atom. The highest BCUT2D eigenvalue weighted by molar-refractivity contribution is 7.09. The standard InChI is InChI=1S/C22H30N4O3S/c1-4-23-22(28)26-18-8-6-5-7-17(18)25-21(27)19-13-30-20(24-19)12-29-16-10-14(2)9-15(3)11-16/h9-11,13,17-18H,4-8,12H2,1-3H3,(H,25,27)(H2,23,26,28). The van der Waals surface area contributed by atoms with E-state index in [9.17, 15) is 9.59 Å². The zero-order valence-corrected chi connectivity index (χ0v) is 18.6. The molecule has 7 nitrogen and oxygen atoms in total. The normalized spacial score (nSPS) is 18.5. The van der Waals surface area contributed by atoms with Gasteiger partial charge < -0.3 is 20.7 Å². The Balaban J connectivity index is 1.56. The number of amides is 3. The molecule has 162 valence electrons. The van der Waals surface area contributed by atoms with E-state index in [0.717, 1.165) is 47.6 Å². The summed E-state index contributed by atoms with van der Waals surface area (Å²) < 4.78 is 5.84. The van der Waals surface area contributed by atoms with Crippen molar-refractivity contribution in [3.05, 3.63) is 45.4 Å². The van der Waals surface area contributed by atoms with E-state index in [1.165, 1.54) is 11.3 Å². The van der Waals surface area contributed by atoms with Crippen molar-refractivity contribution >= 4 is 23.3 Å². The van der Waals surface area contributed by atoms with Gasteiger partial charge in [0, 0.05) is 18.0 Å². The second-order valence-corrected chi connectivity index (χ2v) is 8.66. The molecule has 2 atom stereocenters. The van der Waals surface area contributed by atoms with Crippen LogP contribution >= 0.6 is 11.3 Å². The van der Waals surface area contributed by atoms with Gasteiger partial charge in [-0.15, -0.1) is 11.3 Å². The van der Waals surface area contributed by atoms with Crippen molar-refractivity contribution in [1.82, 2.24) is 20.9 Å². The molecule has 1 fully saturated rings. The highest BCUT2D eigenvalue weighted by Gasteiger charge is 2.28. The van der Waals surface area contributed by atoms with E-state index in [2.05, 4.69) is 27.0 Å². The average molecular weight is 431 g/mol. The molecule has 2 unspecified atom stereocenters. The number of aryl methyl sites for hydroxylation is 2. The van der Waals surface area contributed by atoms with Gasteiger partial charge in [0.2, 0.25) is 0 Å². The largest absolute Gasteiger partial charge is 0.486 e. The molecule has 1 aliphatic carbocycles. The third-order valence-corrected chi connectivity index (χ3v) is 5.90. The van der Waals surface area contributed by atoms with Crippen molar-refractivity contribution in [3.8, 4) is 5.75 Å². The van der Waals surface area contributed by atoms with Crippen LogP contribution in [0.4, 0.5) is 4.79 Å². The number of aromatic nitrogens is 1. The van der Waals surface area contributed by atoms with E-state index in [-0.39, 0.29) is 24.0 Å². The Morgan fingerprint density at radius 3 is 2.43 bits per heavy atom. The molecule has 1 aliphatic rings. The quantitative estimate of drug-likeness (QED) is 0.625. The molecular weight excluding hydrogens is 400 g/mol. The highest BCUT2D eigenvalue weighted by atomic mass is 32.1.